The molecule has 3 atom stereocenters. The van der Waals surface area contributed by atoms with Crippen LogP contribution in [0.25, 0.3) is 0 Å². The molecule has 0 saturated carbocycles. The van der Waals surface area contributed by atoms with Gasteiger partial charge in [0, 0.05) is 0 Å². The Kier molecular flexibility index (Phi) is 47.5. The maximum atomic E-state index is 13.9. The van der Waals surface area contributed by atoms with E-state index in [1.165, 1.54) is 180 Å². The van der Waals surface area contributed by atoms with Crippen molar-refractivity contribution in [2.75, 3.05) is 17.3 Å². The second-order valence-electron chi connectivity index (χ2n) is 18.5. The Morgan fingerprint density at radius 2 is 0.508 bits per heavy atom. The first-order chi connectivity index (χ1) is 30.7. The second-order valence-corrected chi connectivity index (χ2v) is 30.0. The molecule has 0 aromatic heterocycles. The van der Waals surface area contributed by atoms with Gasteiger partial charge in [0.2, 0.25) is 0 Å². The van der Waals surface area contributed by atoms with Crippen LogP contribution in [0.4, 0.5) is 0 Å². The Morgan fingerprint density at radius 1 is 0.317 bits per heavy atom. The Morgan fingerprint density at radius 3 is 0.730 bits per heavy atom. The first-order valence-electron chi connectivity index (χ1n) is 27.2. The SMILES string of the molecule is CCCCCCCCCCCCSC(C)C(=O)[O][Sn]([CH2]CCCCCCC)([O]C(=O)C(C)SCCCCCCCCCCCC)[O]C(=O)C(C)SCCCCCCCCCCCC. The summed E-state index contributed by atoms with van der Waals surface area (Å²) in [6, 6.07) is 0. The summed E-state index contributed by atoms with van der Waals surface area (Å²) in [4.78, 5) is 41.8. The molecule has 0 bridgehead atoms. The second kappa shape index (κ2) is 47.3. The van der Waals surface area contributed by atoms with Gasteiger partial charge in [-0.15, -0.1) is 0 Å². The number of unbranched alkanes of at least 4 members (excludes halogenated alkanes) is 32. The monoisotopic (exact) mass is 1050 g/mol. The smallest absolute Gasteiger partial charge is 0.0654 e. The van der Waals surface area contributed by atoms with Gasteiger partial charge in [-0.3, -0.25) is 0 Å². The summed E-state index contributed by atoms with van der Waals surface area (Å²) in [7, 11) is 0. The Labute approximate surface area is 410 Å². The van der Waals surface area contributed by atoms with Gasteiger partial charge in [0.25, 0.3) is 0 Å². The molecular weight excluding hydrogens is 947 g/mol. The van der Waals surface area contributed by atoms with Crippen molar-refractivity contribution >= 4 is 72.8 Å². The van der Waals surface area contributed by atoms with E-state index in [1.807, 2.05) is 20.8 Å². The summed E-state index contributed by atoms with van der Waals surface area (Å²) in [6.45, 7) is 14.7. The van der Waals surface area contributed by atoms with Crippen molar-refractivity contribution in [2.24, 2.45) is 0 Å². The molecule has 374 valence electrons. The molecule has 0 aromatic carbocycles. The fourth-order valence-electron chi connectivity index (χ4n) is 7.80. The van der Waals surface area contributed by atoms with E-state index in [9.17, 15) is 14.4 Å². The Balaban J connectivity index is 5.55. The topological polar surface area (TPSA) is 78.9 Å². The minimum atomic E-state index is -5.10. The van der Waals surface area contributed by atoms with Gasteiger partial charge >= 0.3 is 335 Å². The van der Waals surface area contributed by atoms with Crippen LogP contribution < -0.4 is 0 Å². The fraction of sp³-hybridized carbons (Fsp3) is 0.943. The van der Waals surface area contributed by atoms with Crippen molar-refractivity contribution in [3.8, 4) is 0 Å². The van der Waals surface area contributed by atoms with Gasteiger partial charge in [0.15, 0.2) is 0 Å². The summed E-state index contributed by atoms with van der Waals surface area (Å²) in [5.41, 5.74) is 0. The van der Waals surface area contributed by atoms with Crippen LogP contribution >= 0.6 is 35.3 Å². The van der Waals surface area contributed by atoms with E-state index >= 15 is 0 Å². The van der Waals surface area contributed by atoms with Gasteiger partial charge in [-0.25, -0.2) is 0 Å². The third-order valence-corrected chi connectivity index (χ3v) is 23.0. The van der Waals surface area contributed by atoms with Crippen LogP contribution in [0.2, 0.25) is 4.44 Å². The van der Waals surface area contributed by atoms with E-state index in [1.54, 1.807) is 35.3 Å². The van der Waals surface area contributed by atoms with Gasteiger partial charge in [-0.1, -0.05) is 78.6 Å². The normalized spacial score (nSPS) is 14.0. The molecule has 0 fully saturated rings. The van der Waals surface area contributed by atoms with E-state index in [2.05, 4.69) is 27.7 Å². The quantitative estimate of drug-likeness (QED) is 0.0437. The van der Waals surface area contributed by atoms with Crippen molar-refractivity contribution in [2.45, 2.75) is 300 Å². The summed E-state index contributed by atoms with van der Waals surface area (Å²) in [5, 5.41) is -1.27. The molecule has 0 aliphatic carbocycles. The third-order valence-electron chi connectivity index (χ3n) is 12.2. The van der Waals surface area contributed by atoms with Gasteiger partial charge in [-0.2, -0.15) is 0 Å². The van der Waals surface area contributed by atoms with E-state index in [0.29, 0.717) is 10.9 Å². The zero-order chi connectivity index (χ0) is 46.5. The van der Waals surface area contributed by atoms with Crippen molar-refractivity contribution in [1.29, 1.82) is 0 Å². The molecule has 6 nitrogen and oxygen atoms in total. The van der Waals surface area contributed by atoms with E-state index < -0.39 is 53.3 Å². The molecular formula is C53H104O6S3Sn. The van der Waals surface area contributed by atoms with Crippen LogP contribution in [-0.4, -0.2) is 70.5 Å². The van der Waals surface area contributed by atoms with Crippen LogP contribution in [-0.2, 0) is 23.6 Å². The molecule has 10 heteroatoms. The average molecular weight is 1050 g/mol. The standard InChI is InChI=1S/3C15H30O2S.C8H17.Sn/c3*1-3-4-5-6-7-8-9-10-11-12-13-18-14(2)15(16)17;1-3-5-7-8-6-4-2;/h3*14H,3-13H2,1-2H3,(H,16,17);1,3-8H2,2H3;/q;;;;+3/p-3. The molecule has 0 aliphatic rings. The van der Waals surface area contributed by atoms with Crippen LogP contribution in [0.5, 0.6) is 0 Å². The van der Waals surface area contributed by atoms with Crippen LogP contribution in [0.1, 0.15) is 280 Å². The molecule has 0 amide bonds. The molecule has 0 aromatic rings. The van der Waals surface area contributed by atoms with Crippen molar-refractivity contribution in [3.63, 3.8) is 0 Å². The Bertz CT molecular complexity index is 923. The number of carbonyl (C=O) groups is 3. The predicted octanol–water partition coefficient (Wildman–Crippen LogP) is 18.0. The van der Waals surface area contributed by atoms with Crippen LogP contribution in [0.3, 0.4) is 0 Å². The maximum absolute atomic E-state index is 13.9. The first kappa shape index (κ1) is 63.3. The average Bonchev–Trinajstić information content (AvgIpc) is 3.27. The summed E-state index contributed by atoms with van der Waals surface area (Å²) in [6.07, 6.45) is 44.5. The fourth-order valence-corrected chi connectivity index (χ4v) is 18.6. The molecule has 63 heavy (non-hydrogen) atoms. The molecule has 0 saturated heterocycles. The molecule has 0 rings (SSSR count). The summed E-state index contributed by atoms with van der Waals surface area (Å²) in [5.74, 6) is 1.45. The van der Waals surface area contributed by atoms with Gasteiger partial charge in [0.1, 0.15) is 0 Å². The van der Waals surface area contributed by atoms with Crippen molar-refractivity contribution in [3.05, 3.63) is 0 Å². The molecule has 0 heterocycles. The zero-order valence-corrected chi connectivity index (χ0v) is 48.0. The number of hydrogen-bond donors (Lipinski definition) is 0. The van der Waals surface area contributed by atoms with Crippen molar-refractivity contribution in [1.82, 2.24) is 0 Å². The van der Waals surface area contributed by atoms with E-state index in [0.717, 1.165) is 62.2 Å². The van der Waals surface area contributed by atoms with E-state index in [-0.39, 0.29) is 0 Å². The molecule has 0 radical (unpaired) electrons. The number of thioether (sulfide) groups is 3. The van der Waals surface area contributed by atoms with Crippen LogP contribution in [0.15, 0.2) is 0 Å². The number of rotatable bonds is 49. The van der Waals surface area contributed by atoms with Crippen molar-refractivity contribution < 1.29 is 23.6 Å². The van der Waals surface area contributed by atoms with Gasteiger partial charge in [-0.05, 0) is 0 Å². The molecule has 3 unspecified atom stereocenters. The Hall–Kier alpha value is 0.259. The predicted molar refractivity (Wildman–Crippen MR) is 284 cm³/mol. The minimum Gasteiger partial charge on any atom is -0.0654 e. The van der Waals surface area contributed by atoms with Gasteiger partial charge in [0.05, 0.1) is 0 Å². The minimum absolute atomic E-state index is 0.353. The zero-order valence-electron chi connectivity index (χ0n) is 42.7. The summed E-state index contributed by atoms with van der Waals surface area (Å²) >= 11 is -0.274. The van der Waals surface area contributed by atoms with E-state index in [4.69, 9.17) is 9.22 Å². The number of hydrogen-bond acceptors (Lipinski definition) is 9. The summed E-state index contributed by atoms with van der Waals surface area (Å²) < 4.78 is 19.5. The number of carbonyl (C=O) groups excluding carboxylic acids is 3. The first-order valence-corrected chi connectivity index (χ1v) is 35.9. The third kappa shape index (κ3) is 39.9. The molecule has 0 aliphatic heterocycles. The van der Waals surface area contributed by atoms with Gasteiger partial charge < -0.3 is 0 Å². The molecule has 0 spiro atoms. The molecule has 0 N–H and O–H groups in total. The van der Waals surface area contributed by atoms with Crippen LogP contribution in [0, 0.1) is 0 Å².